The highest BCUT2D eigenvalue weighted by atomic mass is 35.5. The van der Waals surface area contributed by atoms with Crippen LogP contribution < -0.4 is 14.4 Å². The van der Waals surface area contributed by atoms with Crippen LogP contribution in [0.1, 0.15) is 24.0 Å². The molecule has 0 saturated carbocycles. The molecule has 158 valence electrons. The molecule has 1 N–H and O–H groups in total. The van der Waals surface area contributed by atoms with Gasteiger partial charge >= 0.3 is 0 Å². The van der Waals surface area contributed by atoms with E-state index < -0.39 is 10.0 Å². The van der Waals surface area contributed by atoms with Gasteiger partial charge in [0.1, 0.15) is 12.4 Å². The molecule has 2 rings (SSSR count). The van der Waals surface area contributed by atoms with Crippen molar-refractivity contribution in [1.29, 1.82) is 0 Å². The number of hydrogen-bond acceptors (Lipinski definition) is 4. The highest BCUT2D eigenvalue weighted by Gasteiger charge is 2.17. The second-order valence-corrected chi connectivity index (χ2v) is 9.16. The Morgan fingerprint density at radius 2 is 1.90 bits per heavy atom. The van der Waals surface area contributed by atoms with E-state index in [1.807, 2.05) is 32.0 Å². The molecule has 0 unspecified atom stereocenters. The highest BCUT2D eigenvalue weighted by Crippen LogP contribution is 2.22. The lowest BCUT2D eigenvalue weighted by atomic mass is 10.1. The molecule has 0 spiro atoms. The van der Waals surface area contributed by atoms with Crippen LogP contribution in [0.25, 0.3) is 0 Å². The average molecular weight is 439 g/mol. The third kappa shape index (κ3) is 7.25. The minimum Gasteiger partial charge on any atom is -0.491 e. The number of halogens is 1. The molecular formula is C21H27ClN2O4S. The van der Waals surface area contributed by atoms with Crippen LogP contribution in [0.4, 0.5) is 5.69 Å². The van der Waals surface area contributed by atoms with Gasteiger partial charge in [-0.2, -0.15) is 0 Å². The maximum atomic E-state index is 12.1. The number of sulfonamides is 1. The van der Waals surface area contributed by atoms with Gasteiger partial charge in [0, 0.05) is 18.0 Å². The summed E-state index contributed by atoms with van der Waals surface area (Å²) in [6, 6.07) is 12.5. The molecule has 0 heterocycles. The molecule has 0 aliphatic rings. The smallest absolute Gasteiger partial charge is 0.232 e. The van der Waals surface area contributed by atoms with Crippen LogP contribution in [-0.4, -0.2) is 40.3 Å². The van der Waals surface area contributed by atoms with Crippen LogP contribution >= 0.6 is 11.6 Å². The first-order valence-electron chi connectivity index (χ1n) is 9.37. The highest BCUT2D eigenvalue weighted by molar-refractivity contribution is 7.92. The Labute approximate surface area is 177 Å². The molecule has 0 aliphatic heterocycles. The molecule has 8 heteroatoms. The molecule has 0 bridgehead atoms. The number of aryl methyl sites for hydroxylation is 1. The normalized spacial score (nSPS) is 11.2. The first kappa shape index (κ1) is 23.0. The molecule has 1 amide bonds. The van der Waals surface area contributed by atoms with E-state index in [0.717, 1.165) is 23.1 Å². The van der Waals surface area contributed by atoms with E-state index in [-0.39, 0.29) is 18.9 Å². The van der Waals surface area contributed by atoms with Crippen molar-refractivity contribution < 1.29 is 17.9 Å². The van der Waals surface area contributed by atoms with E-state index in [9.17, 15) is 13.2 Å². The number of anilines is 1. The lowest BCUT2D eigenvalue weighted by Crippen LogP contribution is -2.32. The van der Waals surface area contributed by atoms with E-state index in [1.54, 1.807) is 24.3 Å². The zero-order valence-corrected chi connectivity index (χ0v) is 18.5. The summed E-state index contributed by atoms with van der Waals surface area (Å²) in [6.45, 7) is 4.97. The van der Waals surface area contributed by atoms with Gasteiger partial charge in [0.05, 0.1) is 18.5 Å². The van der Waals surface area contributed by atoms with Gasteiger partial charge < -0.3 is 10.1 Å². The minimum absolute atomic E-state index is 0.144. The Balaban J connectivity index is 1.77. The third-order valence-electron chi connectivity index (χ3n) is 4.50. The van der Waals surface area contributed by atoms with Crippen molar-refractivity contribution in [3.63, 3.8) is 0 Å². The van der Waals surface area contributed by atoms with Crippen molar-refractivity contribution >= 4 is 33.2 Å². The lowest BCUT2D eigenvalue weighted by Gasteiger charge is -2.22. The van der Waals surface area contributed by atoms with E-state index in [4.69, 9.17) is 16.3 Å². The first-order chi connectivity index (χ1) is 13.7. The average Bonchev–Trinajstić information content (AvgIpc) is 2.64. The van der Waals surface area contributed by atoms with Crippen LogP contribution in [0.2, 0.25) is 5.02 Å². The molecule has 2 aromatic carbocycles. The van der Waals surface area contributed by atoms with Crippen LogP contribution in [0, 0.1) is 13.8 Å². The van der Waals surface area contributed by atoms with Gasteiger partial charge in [0.2, 0.25) is 15.9 Å². The fourth-order valence-electron chi connectivity index (χ4n) is 2.82. The number of carbonyl (C=O) groups is 1. The second kappa shape index (κ2) is 10.5. The van der Waals surface area contributed by atoms with Crippen LogP contribution in [0.5, 0.6) is 5.75 Å². The fourth-order valence-corrected chi connectivity index (χ4v) is 3.96. The number of carbonyl (C=O) groups excluding carboxylic acids is 1. The van der Waals surface area contributed by atoms with Crippen molar-refractivity contribution in [2.45, 2.75) is 26.7 Å². The summed E-state index contributed by atoms with van der Waals surface area (Å²) in [5.74, 6) is 0.665. The van der Waals surface area contributed by atoms with Gasteiger partial charge in [-0.25, -0.2) is 8.42 Å². The number of benzene rings is 2. The third-order valence-corrected chi connectivity index (χ3v) is 5.93. The predicted octanol–water partition coefficient (Wildman–Crippen LogP) is 3.70. The molecule has 0 aliphatic carbocycles. The minimum atomic E-state index is -3.47. The van der Waals surface area contributed by atoms with Gasteiger partial charge in [-0.05, 0) is 55.7 Å². The Morgan fingerprint density at radius 3 is 2.59 bits per heavy atom. The Morgan fingerprint density at radius 1 is 1.17 bits per heavy atom. The zero-order valence-electron chi connectivity index (χ0n) is 16.9. The van der Waals surface area contributed by atoms with Gasteiger partial charge in [-0.1, -0.05) is 29.8 Å². The van der Waals surface area contributed by atoms with Crippen molar-refractivity contribution in [2.75, 3.05) is 30.3 Å². The molecular weight excluding hydrogens is 412 g/mol. The summed E-state index contributed by atoms with van der Waals surface area (Å²) >= 11 is 5.96. The second-order valence-electron chi connectivity index (χ2n) is 6.82. The number of ether oxygens (including phenoxy) is 1. The number of rotatable bonds is 10. The van der Waals surface area contributed by atoms with Crippen molar-refractivity contribution in [3.05, 3.63) is 58.6 Å². The lowest BCUT2D eigenvalue weighted by molar-refractivity contribution is -0.121. The van der Waals surface area contributed by atoms with Crippen molar-refractivity contribution in [3.8, 4) is 5.75 Å². The summed E-state index contributed by atoms with van der Waals surface area (Å²) < 4.78 is 31.1. The van der Waals surface area contributed by atoms with Crippen LogP contribution in [0.3, 0.4) is 0 Å². The molecule has 0 atom stereocenters. The number of hydrogen-bond donors (Lipinski definition) is 1. The molecule has 0 fully saturated rings. The van der Waals surface area contributed by atoms with E-state index in [1.165, 1.54) is 4.31 Å². The largest absolute Gasteiger partial charge is 0.491 e. The maximum Gasteiger partial charge on any atom is 0.232 e. The number of nitrogens with one attached hydrogen (secondary N) is 1. The first-order valence-corrected chi connectivity index (χ1v) is 11.6. The predicted molar refractivity (Wildman–Crippen MR) is 117 cm³/mol. The Hall–Kier alpha value is -2.25. The standard InChI is InChI=1S/C21H27ClN2O4S/c1-16-7-4-10-20(17(16)2)28-14-12-23-21(25)11-6-13-24(29(3,26)27)19-9-5-8-18(22)15-19/h4-5,7-10,15H,6,11-14H2,1-3H3,(H,23,25). The van der Waals surface area contributed by atoms with Crippen molar-refractivity contribution in [2.24, 2.45) is 0 Å². The summed E-state index contributed by atoms with van der Waals surface area (Å²) in [6.07, 6.45) is 1.75. The van der Waals surface area contributed by atoms with Gasteiger partial charge in [-0.3, -0.25) is 9.10 Å². The van der Waals surface area contributed by atoms with Crippen molar-refractivity contribution in [1.82, 2.24) is 5.32 Å². The molecule has 29 heavy (non-hydrogen) atoms. The zero-order chi connectivity index (χ0) is 21.4. The SMILES string of the molecule is Cc1cccc(OCCNC(=O)CCCN(c2cccc(Cl)c2)S(C)(=O)=O)c1C. The monoisotopic (exact) mass is 438 g/mol. The summed E-state index contributed by atoms with van der Waals surface area (Å²) in [4.78, 5) is 12.0. The molecule has 0 aromatic heterocycles. The molecule has 6 nitrogen and oxygen atoms in total. The summed E-state index contributed by atoms with van der Waals surface area (Å²) in [5.41, 5.74) is 2.73. The molecule has 0 radical (unpaired) electrons. The van der Waals surface area contributed by atoms with E-state index in [0.29, 0.717) is 30.3 Å². The molecule has 0 saturated heterocycles. The van der Waals surface area contributed by atoms with E-state index >= 15 is 0 Å². The van der Waals surface area contributed by atoms with Crippen LogP contribution in [0.15, 0.2) is 42.5 Å². The van der Waals surface area contributed by atoms with Gasteiger partial charge in [0.15, 0.2) is 0 Å². The maximum absolute atomic E-state index is 12.1. The number of nitrogens with zero attached hydrogens (tertiary/aromatic N) is 1. The summed E-state index contributed by atoms with van der Waals surface area (Å²) in [7, 11) is -3.47. The van der Waals surface area contributed by atoms with Gasteiger partial charge in [0.25, 0.3) is 0 Å². The summed E-state index contributed by atoms with van der Waals surface area (Å²) in [5, 5.41) is 3.25. The Kier molecular flexibility index (Phi) is 8.34. The quantitative estimate of drug-likeness (QED) is 0.574. The fraction of sp³-hybridized carbons (Fsp3) is 0.381. The Bertz CT molecular complexity index is 947. The number of amides is 1. The molecule has 2 aromatic rings. The van der Waals surface area contributed by atoms with Gasteiger partial charge in [-0.15, -0.1) is 0 Å². The topological polar surface area (TPSA) is 75.7 Å². The van der Waals surface area contributed by atoms with E-state index in [2.05, 4.69) is 5.32 Å². The van der Waals surface area contributed by atoms with Crippen LogP contribution in [-0.2, 0) is 14.8 Å².